The predicted molar refractivity (Wildman–Crippen MR) is 127 cm³/mol. The van der Waals surface area contributed by atoms with Crippen molar-refractivity contribution < 1.29 is 14.4 Å². The van der Waals surface area contributed by atoms with Crippen molar-refractivity contribution >= 4 is 52.5 Å². The van der Waals surface area contributed by atoms with Gasteiger partial charge in [0.2, 0.25) is 11.8 Å². The molecule has 0 aliphatic carbocycles. The minimum Gasteiger partial charge on any atom is -0.326 e. The lowest BCUT2D eigenvalue weighted by Crippen LogP contribution is -2.52. The van der Waals surface area contributed by atoms with Gasteiger partial charge in [0.1, 0.15) is 6.04 Å². The second-order valence-corrected chi connectivity index (χ2v) is 7.67. The van der Waals surface area contributed by atoms with Crippen LogP contribution >= 0.6 is 11.6 Å². The molecule has 7 heteroatoms. The Labute approximate surface area is 190 Å². The summed E-state index contributed by atoms with van der Waals surface area (Å²) in [5.41, 5.74) is 2.46. The van der Waals surface area contributed by atoms with Crippen LogP contribution in [-0.4, -0.2) is 23.8 Å². The molecule has 1 atom stereocenters. The van der Waals surface area contributed by atoms with E-state index in [0.29, 0.717) is 22.1 Å². The van der Waals surface area contributed by atoms with Gasteiger partial charge in [0.25, 0.3) is 5.91 Å². The van der Waals surface area contributed by atoms with Crippen LogP contribution in [0.4, 0.5) is 17.1 Å². The van der Waals surface area contributed by atoms with E-state index in [2.05, 4.69) is 10.6 Å². The van der Waals surface area contributed by atoms with Gasteiger partial charge in [0, 0.05) is 16.8 Å². The third-order valence-corrected chi connectivity index (χ3v) is 5.25. The minimum atomic E-state index is -0.990. The van der Waals surface area contributed by atoms with Gasteiger partial charge in [-0.2, -0.15) is 0 Å². The summed E-state index contributed by atoms with van der Waals surface area (Å²) in [5, 5.41) is 6.16. The Morgan fingerprint density at radius 1 is 0.969 bits per heavy atom. The summed E-state index contributed by atoms with van der Waals surface area (Å²) in [6.07, 6.45) is 2.85. The molecule has 3 aromatic rings. The van der Waals surface area contributed by atoms with Gasteiger partial charge in [0.15, 0.2) is 0 Å². The van der Waals surface area contributed by atoms with Gasteiger partial charge >= 0.3 is 0 Å². The van der Waals surface area contributed by atoms with Crippen molar-refractivity contribution in [1.29, 1.82) is 0 Å². The topological polar surface area (TPSA) is 78.5 Å². The molecule has 1 heterocycles. The molecule has 0 spiro atoms. The van der Waals surface area contributed by atoms with Gasteiger partial charge in [-0.15, -0.1) is 0 Å². The fraction of sp³-hybridized carbons (Fsp3) is 0.0800. The molecule has 0 fully saturated rings. The number of anilines is 3. The van der Waals surface area contributed by atoms with E-state index in [1.165, 1.54) is 11.0 Å². The summed E-state index contributed by atoms with van der Waals surface area (Å²) in [4.78, 5) is 40.1. The van der Waals surface area contributed by atoms with E-state index < -0.39 is 17.9 Å². The van der Waals surface area contributed by atoms with Crippen molar-refractivity contribution in [1.82, 2.24) is 0 Å². The van der Waals surface area contributed by atoms with Crippen LogP contribution in [0.5, 0.6) is 0 Å². The number of nitrogens with one attached hydrogen (secondary N) is 2. The Kier molecular flexibility index (Phi) is 6.33. The number of fused-ring (bicyclic) bond motifs is 1. The first-order valence-electron chi connectivity index (χ1n) is 10.0. The van der Waals surface area contributed by atoms with Gasteiger partial charge in [-0.25, -0.2) is 0 Å². The monoisotopic (exact) mass is 445 g/mol. The number of benzene rings is 3. The highest BCUT2D eigenvalue weighted by molar-refractivity contribution is 6.30. The molecule has 1 aliphatic heterocycles. The molecule has 160 valence electrons. The molecule has 4 rings (SSSR count). The maximum atomic E-state index is 13.2. The molecule has 2 N–H and O–H groups in total. The van der Waals surface area contributed by atoms with Crippen molar-refractivity contribution in [2.75, 3.05) is 15.5 Å². The molecule has 0 saturated heterocycles. The van der Waals surface area contributed by atoms with Crippen LogP contribution in [0.15, 0.2) is 84.9 Å². The maximum Gasteiger partial charge on any atom is 0.251 e. The number of halogens is 1. The van der Waals surface area contributed by atoms with Gasteiger partial charge in [0.05, 0.1) is 17.8 Å². The van der Waals surface area contributed by atoms with Crippen LogP contribution in [0, 0.1) is 0 Å². The summed E-state index contributed by atoms with van der Waals surface area (Å²) in [6.45, 7) is 0. The van der Waals surface area contributed by atoms with Gasteiger partial charge < -0.3 is 10.6 Å². The van der Waals surface area contributed by atoms with Crippen LogP contribution in [-0.2, 0) is 14.4 Å². The number of amides is 3. The summed E-state index contributed by atoms with van der Waals surface area (Å²) >= 11 is 5.91. The van der Waals surface area contributed by atoms with E-state index in [9.17, 15) is 14.4 Å². The second kappa shape index (κ2) is 9.49. The minimum absolute atomic E-state index is 0.185. The fourth-order valence-corrected chi connectivity index (χ4v) is 3.60. The maximum absolute atomic E-state index is 13.2. The summed E-state index contributed by atoms with van der Waals surface area (Å²) in [6, 6.07) is 22.0. The Balaban J connectivity index is 1.60. The molecule has 0 bridgehead atoms. The van der Waals surface area contributed by atoms with E-state index in [1.54, 1.807) is 78.9 Å². The summed E-state index contributed by atoms with van der Waals surface area (Å²) < 4.78 is 0. The lowest BCUT2D eigenvalue weighted by molar-refractivity contribution is -0.124. The average Bonchev–Trinajstić information content (AvgIpc) is 2.79. The van der Waals surface area contributed by atoms with Gasteiger partial charge in [-0.1, -0.05) is 54.1 Å². The van der Waals surface area contributed by atoms with Crippen LogP contribution in [0.1, 0.15) is 12.0 Å². The lowest BCUT2D eigenvalue weighted by atomic mass is 10.0. The van der Waals surface area contributed by atoms with E-state index in [1.807, 2.05) is 6.07 Å². The van der Waals surface area contributed by atoms with Crippen LogP contribution in [0.25, 0.3) is 6.08 Å². The van der Waals surface area contributed by atoms with Crippen molar-refractivity contribution in [3.8, 4) is 0 Å². The van der Waals surface area contributed by atoms with Gasteiger partial charge in [-0.05, 0) is 48.0 Å². The molecular weight excluding hydrogens is 426 g/mol. The van der Waals surface area contributed by atoms with Crippen LogP contribution < -0.4 is 15.5 Å². The smallest absolute Gasteiger partial charge is 0.251 e. The van der Waals surface area contributed by atoms with Crippen LogP contribution in [0.2, 0.25) is 5.02 Å². The van der Waals surface area contributed by atoms with Crippen molar-refractivity contribution in [3.05, 3.63) is 95.5 Å². The first-order valence-corrected chi connectivity index (χ1v) is 10.4. The molecule has 0 radical (unpaired) electrons. The molecule has 6 nitrogen and oxygen atoms in total. The SMILES string of the molecule is O=C(C[C@H]1C(=O)Nc2ccccc2N1C(=O)/C=C/c1ccc(Cl)cc1)Nc1ccccc1. The molecule has 0 saturated carbocycles. The number of rotatable bonds is 5. The van der Waals surface area contributed by atoms with Crippen molar-refractivity contribution in [2.45, 2.75) is 12.5 Å². The molecule has 32 heavy (non-hydrogen) atoms. The zero-order valence-corrected chi connectivity index (χ0v) is 17.8. The van der Waals surface area contributed by atoms with E-state index in [4.69, 9.17) is 11.6 Å². The number of carbonyl (C=O) groups excluding carboxylic acids is 3. The van der Waals surface area contributed by atoms with Crippen molar-refractivity contribution in [3.63, 3.8) is 0 Å². The van der Waals surface area contributed by atoms with Crippen LogP contribution in [0.3, 0.4) is 0 Å². The number of carbonyl (C=O) groups is 3. The highest BCUT2D eigenvalue weighted by atomic mass is 35.5. The zero-order valence-electron chi connectivity index (χ0n) is 17.0. The van der Waals surface area contributed by atoms with E-state index in [0.717, 1.165) is 5.56 Å². The average molecular weight is 446 g/mol. The molecular formula is C25H20ClN3O3. The van der Waals surface area contributed by atoms with E-state index >= 15 is 0 Å². The Hall–Kier alpha value is -3.90. The Morgan fingerprint density at radius 2 is 1.66 bits per heavy atom. The Bertz CT molecular complexity index is 1180. The number of nitrogens with zero attached hydrogens (tertiary/aromatic N) is 1. The number of para-hydroxylation sites is 3. The third kappa shape index (κ3) is 4.87. The number of hydrogen-bond acceptors (Lipinski definition) is 3. The largest absolute Gasteiger partial charge is 0.326 e. The standard InChI is InChI=1S/C25H20ClN3O3/c26-18-13-10-17(11-14-18)12-15-24(31)29-21-9-5-4-8-20(21)28-25(32)22(29)16-23(30)27-19-6-2-1-3-7-19/h1-15,22H,16H2,(H,27,30)(H,28,32)/b15-12+/t22-/m0/s1. The number of hydrogen-bond donors (Lipinski definition) is 2. The Morgan fingerprint density at radius 3 is 2.41 bits per heavy atom. The first-order chi connectivity index (χ1) is 15.5. The fourth-order valence-electron chi connectivity index (χ4n) is 3.48. The summed E-state index contributed by atoms with van der Waals surface area (Å²) in [5.74, 6) is -1.19. The molecule has 3 aromatic carbocycles. The second-order valence-electron chi connectivity index (χ2n) is 7.23. The predicted octanol–water partition coefficient (Wildman–Crippen LogP) is 4.74. The quantitative estimate of drug-likeness (QED) is 0.557. The zero-order chi connectivity index (χ0) is 22.5. The third-order valence-electron chi connectivity index (χ3n) is 5.00. The molecule has 0 unspecified atom stereocenters. The first kappa shape index (κ1) is 21.3. The molecule has 0 aromatic heterocycles. The van der Waals surface area contributed by atoms with E-state index in [-0.39, 0.29) is 12.3 Å². The van der Waals surface area contributed by atoms with Crippen molar-refractivity contribution in [2.24, 2.45) is 0 Å². The molecule has 3 amide bonds. The highest BCUT2D eigenvalue weighted by Gasteiger charge is 2.37. The van der Waals surface area contributed by atoms with Gasteiger partial charge in [-0.3, -0.25) is 19.3 Å². The summed E-state index contributed by atoms with van der Waals surface area (Å²) in [7, 11) is 0. The normalized spacial score (nSPS) is 15.2. The molecule has 1 aliphatic rings. The lowest BCUT2D eigenvalue weighted by Gasteiger charge is -2.35. The highest BCUT2D eigenvalue weighted by Crippen LogP contribution is 2.33.